The normalized spacial score (nSPS) is 13.6. The Morgan fingerprint density at radius 3 is 1.79 bits per heavy atom. The summed E-state index contributed by atoms with van der Waals surface area (Å²) in [5.74, 6) is -0.180. The third-order valence-corrected chi connectivity index (χ3v) is 5.00. The molecule has 2 heteroatoms. The smallest absolute Gasteiger partial charge is 0.141 e. The summed E-state index contributed by atoms with van der Waals surface area (Å²) in [5.41, 5.74) is 6.59. The number of rotatable bonds is 3. The van der Waals surface area contributed by atoms with E-state index in [4.69, 9.17) is 0 Å². The number of hydrogen-bond acceptors (Lipinski definition) is 0. The minimum absolute atomic E-state index is 0.180. The average molecular weight is 318 g/mol. The molecule has 0 bridgehead atoms. The van der Waals surface area contributed by atoms with E-state index in [1.807, 2.05) is 12.1 Å². The van der Waals surface area contributed by atoms with Gasteiger partial charge in [0, 0.05) is 16.7 Å². The van der Waals surface area contributed by atoms with E-state index in [0.29, 0.717) is 6.04 Å². The molecule has 4 rings (SSSR count). The van der Waals surface area contributed by atoms with E-state index in [2.05, 4.69) is 62.6 Å². The molecule has 3 aromatic carbocycles. The lowest BCUT2D eigenvalue weighted by Crippen LogP contribution is -2.42. The summed E-state index contributed by atoms with van der Waals surface area (Å²) in [7, 11) is 4.51. The zero-order valence-corrected chi connectivity index (χ0v) is 14.0. The van der Waals surface area contributed by atoms with Gasteiger partial charge in [0.1, 0.15) is 18.4 Å². The largest absolute Gasteiger partial charge is 0.315 e. The van der Waals surface area contributed by atoms with E-state index < -0.39 is 0 Å². The van der Waals surface area contributed by atoms with Crippen LogP contribution in [0.2, 0.25) is 0 Å². The maximum absolute atomic E-state index is 13.2. The highest BCUT2D eigenvalue weighted by Crippen LogP contribution is 2.48. The van der Waals surface area contributed by atoms with Gasteiger partial charge in [-0.15, -0.1) is 0 Å². The number of fused-ring (bicyclic) bond motifs is 3. The van der Waals surface area contributed by atoms with Gasteiger partial charge < -0.3 is 4.48 Å². The fourth-order valence-corrected chi connectivity index (χ4v) is 4.03. The predicted octanol–water partition coefficient (Wildman–Crippen LogP) is 5.17. The second-order valence-electron chi connectivity index (χ2n) is 7.14. The van der Waals surface area contributed by atoms with Crippen LogP contribution in [0.3, 0.4) is 0 Å². The van der Waals surface area contributed by atoms with Gasteiger partial charge in [0.25, 0.3) is 0 Å². The number of benzene rings is 3. The molecule has 1 nitrogen and oxygen atoms in total. The van der Waals surface area contributed by atoms with Gasteiger partial charge in [-0.05, 0) is 23.3 Å². The zero-order valence-electron chi connectivity index (χ0n) is 14.0. The molecule has 1 aliphatic rings. The minimum Gasteiger partial charge on any atom is -0.315 e. The molecule has 120 valence electrons. The highest BCUT2D eigenvalue weighted by Gasteiger charge is 2.39. The molecule has 0 aliphatic heterocycles. The second-order valence-corrected chi connectivity index (χ2v) is 7.14. The quantitative estimate of drug-likeness (QED) is 0.584. The third kappa shape index (κ3) is 2.44. The van der Waals surface area contributed by atoms with Crippen LogP contribution in [0.1, 0.15) is 22.7 Å². The molecule has 3 aromatic rings. The molecular weight excluding hydrogens is 297 g/mol. The van der Waals surface area contributed by atoms with Crippen molar-refractivity contribution in [1.82, 2.24) is 0 Å². The first kappa shape index (κ1) is 15.1. The van der Waals surface area contributed by atoms with Gasteiger partial charge in [0.05, 0.1) is 14.1 Å². The van der Waals surface area contributed by atoms with E-state index in [0.717, 1.165) is 16.6 Å². The molecule has 0 saturated carbocycles. The standard InChI is InChI=1S/C22H21FN/c1-24(2,15-16-11-13-17(23)14-12-16)22-20-9-5-3-7-18(20)19-8-4-6-10-21(19)22/h3-14,22H,15H2,1-2H3/q+1. The van der Waals surface area contributed by atoms with Gasteiger partial charge in [-0.25, -0.2) is 4.39 Å². The first-order valence-corrected chi connectivity index (χ1v) is 8.31. The van der Waals surface area contributed by atoms with Crippen LogP contribution < -0.4 is 0 Å². The van der Waals surface area contributed by atoms with Gasteiger partial charge in [0.2, 0.25) is 0 Å². The summed E-state index contributed by atoms with van der Waals surface area (Å²) in [6.45, 7) is 0.855. The summed E-state index contributed by atoms with van der Waals surface area (Å²) in [6.07, 6.45) is 0. The minimum atomic E-state index is -0.180. The Kier molecular flexibility index (Phi) is 3.50. The van der Waals surface area contributed by atoms with Crippen molar-refractivity contribution in [3.8, 4) is 11.1 Å². The van der Waals surface area contributed by atoms with Crippen molar-refractivity contribution in [3.63, 3.8) is 0 Å². The van der Waals surface area contributed by atoms with Crippen LogP contribution in [-0.4, -0.2) is 18.6 Å². The van der Waals surface area contributed by atoms with Crippen molar-refractivity contribution in [1.29, 1.82) is 0 Å². The Balaban J connectivity index is 1.78. The molecular formula is C22H21FN+. The summed E-state index contributed by atoms with van der Waals surface area (Å²) in [6, 6.07) is 24.5. The summed E-state index contributed by atoms with van der Waals surface area (Å²) in [5, 5.41) is 0. The van der Waals surface area contributed by atoms with Crippen molar-refractivity contribution < 1.29 is 8.87 Å². The molecule has 24 heavy (non-hydrogen) atoms. The van der Waals surface area contributed by atoms with Crippen LogP contribution in [0.5, 0.6) is 0 Å². The molecule has 0 amide bonds. The lowest BCUT2D eigenvalue weighted by molar-refractivity contribution is -0.927. The number of quaternary nitrogens is 1. The molecule has 0 atom stereocenters. The first-order chi connectivity index (χ1) is 11.6. The van der Waals surface area contributed by atoms with Crippen molar-refractivity contribution in [3.05, 3.63) is 95.3 Å². The monoisotopic (exact) mass is 318 g/mol. The van der Waals surface area contributed by atoms with Gasteiger partial charge in [-0.3, -0.25) is 0 Å². The van der Waals surface area contributed by atoms with E-state index in [9.17, 15) is 4.39 Å². The molecule has 1 aliphatic carbocycles. The average Bonchev–Trinajstić information content (AvgIpc) is 2.92. The zero-order chi connectivity index (χ0) is 16.7. The summed E-state index contributed by atoms with van der Waals surface area (Å²) >= 11 is 0. The Bertz CT molecular complexity index is 835. The molecule has 0 radical (unpaired) electrons. The maximum Gasteiger partial charge on any atom is 0.141 e. The van der Waals surface area contributed by atoms with E-state index in [1.165, 1.54) is 22.3 Å². The van der Waals surface area contributed by atoms with Gasteiger partial charge in [0.15, 0.2) is 0 Å². The van der Waals surface area contributed by atoms with Gasteiger partial charge in [-0.2, -0.15) is 0 Å². The number of nitrogens with zero attached hydrogens (tertiary/aromatic N) is 1. The highest BCUT2D eigenvalue weighted by molar-refractivity contribution is 5.77. The van der Waals surface area contributed by atoms with E-state index >= 15 is 0 Å². The number of halogens is 1. The Morgan fingerprint density at radius 2 is 1.25 bits per heavy atom. The number of hydrogen-bond donors (Lipinski definition) is 0. The second kappa shape index (κ2) is 5.57. The predicted molar refractivity (Wildman–Crippen MR) is 95.9 cm³/mol. The molecule has 0 N–H and O–H groups in total. The van der Waals surface area contributed by atoms with Crippen molar-refractivity contribution in [2.45, 2.75) is 12.6 Å². The van der Waals surface area contributed by atoms with Crippen LogP contribution >= 0.6 is 0 Å². The summed E-state index contributed by atoms with van der Waals surface area (Å²) < 4.78 is 14.0. The lowest BCUT2D eigenvalue weighted by Gasteiger charge is -2.37. The molecule has 0 heterocycles. The van der Waals surface area contributed by atoms with Crippen molar-refractivity contribution >= 4 is 0 Å². The molecule has 0 fully saturated rings. The lowest BCUT2D eigenvalue weighted by atomic mass is 10.0. The van der Waals surface area contributed by atoms with Gasteiger partial charge >= 0.3 is 0 Å². The Hall–Kier alpha value is -2.45. The molecule has 0 aromatic heterocycles. The topological polar surface area (TPSA) is 0 Å². The van der Waals surface area contributed by atoms with Crippen molar-refractivity contribution in [2.24, 2.45) is 0 Å². The van der Waals surface area contributed by atoms with Gasteiger partial charge in [-0.1, -0.05) is 60.7 Å². The van der Waals surface area contributed by atoms with Crippen LogP contribution in [0.4, 0.5) is 4.39 Å². The molecule has 0 saturated heterocycles. The van der Waals surface area contributed by atoms with Crippen molar-refractivity contribution in [2.75, 3.05) is 14.1 Å². The first-order valence-electron chi connectivity index (χ1n) is 8.31. The summed E-state index contributed by atoms with van der Waals surface area (Å²) in [4.78, 5) is 0. The highest BCUT2D eigenvalue weighted by atomic mass is 19.1. The maximum atomic E-state index is 13.2. The molecule has 0 spiro atoms. The Labute approximate surface area is 142 Å². The fourth-order valence-electron chi connectivity index (χ4n) is 4.03. The van der Waals surface area contributed by atoms with E-state index in [-0.39, 0.29) is 5.82 Å². The third-order valence-electron chi connectivity index (χ3n) is 5.00. The SMILES string of the molecule is C[N+](C)(Cc1ccc(F)cc1)C1c2ccccc2-c2ccccc21. The fraction of sp³-hybridized carbons (Fsp3) is 0.182. The Morgan fingerprint density at radius 1 is 0.750 bits per heavy atom. The van der Waals surface area contributed by atoms with Crippen LogP contribution in [0.25, 0.3) is 11.1 Å². The molecule has 0 unspecified atom stereocenters. The van der Waals surface area contributed by atoms with Crippen LogP contribution in [0.15, 0.2) is 72.8 Å². The van der Waals surface area contributed by atoms with E-state index in [1.54, 1.807) is 12.1 Å². The van der Waals surface area contributed by atoms with Crippen LogP contribution in [0, 0.1) is 5.82 Å². The van der Waals surface area contributed by atoms with Crippen LogP contribution in [-0.2, 0) is 6.54 Å².